The Labute approximate surface area is 102 Å². The molecule has 2 atom stereocenters. The Kier molecular flexibility index (Phi) is 4.14. The molecule has 0 aromatic carbocycles. The number of nitrogens with zero attached hydrogens (tertiary/aromatic N) is 1. The average molecular weight is 242 g/mol. The number of carboxylic acids is 1. The standard InChI is InChI=1S/C12H22N2O3/c1-8-5-7-14(10(8)11(16)17)9(15)4-6-12(2,3)13/h8,10H,4-7,13H2,1-3H3,(H,16,17). The van der Waals surface area contributed by atoms with Gasteiger partial charge in [-0.1, -0.05) is 6.92 Å². The lowest BCUT2D eigenvalue weighted by Crippen LogP contribution is -2.43. The number of rotatable bonds is 4. The minimum Gasteiger partial charge on any atom is -0.480 e. The van der Waals surface area contributed by atoms with Crippen LogP contribution in [0.15, 0.2) is 0 Å². The highest BCUT2D eigenvalue weighted by molar-refractivity contribution is 5.84. The second-order valence-corrected chi connectivity index (χ2v) is 5.62. The molecule has 5 nitrogen and oxygen atoms in total. The smallest absolute Gasteiger partial charge is 0.326 e. The van der Waals surface area contributed by atoms with Crippen LogP contribution in [0.3, 0.4) is 0 Å². The molecular formula is C12H22N2O3. The average Bonchev–Trinajstić information content (AvgIpc) is 2.55. The number of nitrogens with two attached hydrogens (primary N) is 1. The molecular weight excluding hydrogens is 220 g/mol. The lowest BCUT2D eigenvalue weighted by atomic mass is 9.99. The van der Waals surface area contributed by atoms with E-state index in [4.69, 9.17) is 10.8 Å². The van der Waals surface area contributed by atoms with E-state index in [1.807, 2.05) is 20.8 Å². The third-order valence-electron chi connectivity index (χ3n) is 3.26. The molecule has 3 N–H and O–H groups in total. The number of hydrogen-bond acceptors (Lipinski definition) is 3. The predicted octanol–water partition coefficient (Wildman–Crippen LogP) is 0.825. The molecule has 2 unspecified atom stereocenters. The first kappa shape index (κ1) is 14.0. The molecule has 1 saturated heterocycles. The van der Waals surface area contributed by atoms with Crippen molar-refractivity contribution in [3.8, 4) is 0 Å². The van der Waals surface area contributed by atoms with Crippen molar-refractivity contribution in [3.63, 3.8) is 0 Å². The van der Waals surface area contributed by atoms with Crippen LogP contribution in [0.25, 0.3) is 0 Å². The van der Waals surface area contributed by atoms with E-state index in [1.54, 1.807) is 0 Å². The Hall–Kier alpha value is -1.10. The van der Waals surface area contributed by atoms with E-state index >= 15 is 0 Å². The summed E-state index contributed by atoms with van der Waals surface area (Å²) in [7, 11) is 0. The van der Waals surface area contributed by atoms with Gasteiger partial charge in [0.25, 0.3) is 0 Å². The molecule has 0 saturated carbocycles. The van der Waals surface area contributed by atoms with E-state index in [-0.39, 0.29) is 17.4 Å². The van der Waals surface area contributed by atoms with Crippen molar-refractivity contribution in [1.29, 1.82) is 0 Å². The van der Waals surface area contributed by atoms with E-state index < -0.39 is 12.0 Å². The summed E-state index contributed by atoms with van der Waals surface area (Å²) in [5, 5.41) is 9.11. The van der Waals surface area contributed by atoms with Crippen molar-refractivity contribution in [2.75, 3.05) is 6.54 Å². The van der Waals surface area contributed by atoms with Crippen molar-refractivity contribution in [2.45, 2.75) is 51.6 Å². The van der Waals surface area contributed by atoms with E-state index in [0.717, 1.165) is 6.42 Å². The number of likely N-dealkylation sites (tertiary alicyclic amines) is 1. The minimum atomic E-state index is -0.907. The Morgan fingerprint density at radius 1 is 1.47 bits per heavy atom. The van der Waals surface area contributed by atoms with Crippen molar-refractivity contribution in [1.82, 2.24) is 4.90 Å². The maximum absolute atomic E-state index is 12.0. The summed E-state index contributed by atoms with van der Waals surface area (Å²) in [5.74, 6) is -0.974. The number of aliphatic carboxylic acids is 1. The highest BCUT2D eigenvalue weighted by atomic mass is 16.4. The molecule has 1 heterocycles. The van der Waals surface area contributed by atoms with Gasteiger partial charge in [0, 0.05) is 18.5 Å². The zero-order valence-electron chi connectivity index (χ0n) is 10.8. The fourth-order valence-corrected chi connectivity index (χ4v) is 2.18. The lowest BCUT2D eigenvalue weighted by molar-refractivity contribution is -0.149. The molecule has 0 aliphatic carbocycles. The molecule has 17 heavy (non-hydrogen) atoms. The molecule has 0 bridgehead atoms. The van der Waals surface area contributed by atoms with Crippen molar-refractivity contribution >= 4 is 11.9 Å². The molecule has 0 radical (unpaired) electrons. The Balaban J connectivity index is 2.60. The molecule has 1 aliphatic rings. The summed E-state index contributed by atoms with van der Waals surface area (Å²) in [6, 6.07) is -0.664. The largest absolute Gasteiger partial charge is 0.480 e. The van der Waals surface area contributed by atoms with E-state index in [2.05, 4.69) is 0 Å². The molecule has 1 fully saturated rings. The Bertz CT molecular complexity index is 309. The van der Waals surface area contributed by atoms with Gasteiger partial charge in [0.05, 0.1) is 0 Å². The van der Waals surface area contributed by atoms with Gasteiger partial charge in [-0.3, -0.25) is 4.79 Å². The third kappa shape index (κ3) is 3.70. The Morgan fingerprint density at radius 3 is 2.53 bits per heavy atom. The van der Waals surface area contributed by atoms with Gasteiger partial charge in [0.2, 0.25) is 5.91 Å². The quantitative estimate of drug-likeness (QED) is 0.764. The maximum Gasteiger partial charge on any atom is 0.326 e. The van der Waals surface area contributed by atoms with Crippen LogP contribution in [-0.2, 0) is 9.59 Å². The van der Waals surface area contributed by atoms with Gasteiger partial charge in [-0.15, -0.1) is 0 Å². The van der Waals surface area contributed by atoms with Crippen molar-refractivity contribution in [2.24, 2.45) is 11.7 Å². The third-order valence-corrected chi connectivity index (χ3v) is 3.26. The summed E-state index contributed by atoms with van der Waals surface area (Å²) in [6.07, 6.45) is 1.65. The normalized spacial score (nSPS) is 25.1. The van der Waals surface area contributed by atoms with E-state index in [0.29, 0.717) is 19.4 Å². The second kappa shape index (κ2) is 5.04. The fourth-order valence-electron chi connectivity index (χ4n) is 2.18. The first-order chi connectivity index (χ1) is 7.72. The van der Waals surface area contributed by atoms with Crippen LogP contribution in [0.1, 0.15) is 40.0 Å². The molecule has 1 rings (SSSR count). The summed E-state index contributed by atoms with van der Waals surface area (Å²) in [6.45, 7) is 6.14. The van der Waals surface area contributed by atoms with Crippen LogP contribution >= 0.6 is 0 Å². The van der Waals surface area contributed by atoms with Gasteiger partial charge >= 0.3 is 5.97 Å². The van der Waals surface area contributed by atoms with Crippen LogP contribution < -0.4 is 5.73 Å². The van der Waals surface area contributed by atoms with Gasteiger partial charge in [-0.05, 0) is 32.6 Å². The van der Waals surface area contributed by atoms with Crippen LogP contribution in [0.2, 0.25) is 0 Å². The molecule has 1 aliphatic heterocycles. The number of carbonyl (C=O) groups excluding carboxylic acids is 1. The Morgan fingerprint density at radius 2 is 2.06 bits per heavy atom. The predicted molar refractivity (Wildman–Crippen MR) is 64.4 cm³/mol. The van der Waals surface area contributed by atoms with Gasteiger partial charge in [-0.25, -0.2) is 4.79 Å². The first-order valence-electron chi connectivity index (χ1n) is 6.03. The maximum atomic E-state index is 12.0. The minimum absolute atomic E-state index is 0.0299. The molecule has 0 aromatic heterocycles. The van der Waals surface area contributed by atoms with Crippen LogP contribution in [0.5, 0.6) is 0 Å². The van der Waals surface area contributed by atoms with Gasteiger partial charge < -0.3 is 15.7 Å². The molecule has 0 aromatic rings. The highest BCUT2D eigenvalue weighted by Crippen LogP contribution is 2.25. The summed E-state index contributed by atoms with van der Waals surface area (Å²) in [4.78, 5) is 24.6. The number of amides is 1. The van der Waals surface area contributed by atoms with Crippen LogP contribution in [0.4, 0.5) is 0 Å². The first-order valence-corrected chi connectivity index (χ1v) is 6.03. The van der Waals surface area contributed by atoms with E-state index in [1.165, 1.54) is 4.90 Å². The van der Waals surface area contributed by atoms with Crippen molar-refractivity contribution < 1.29 is 14.7 Å². The monoisotopic (exact) mass is 242 g/mol. The summed E-state index contributed by atoms with van der Waals surface area (Å²) >= 11 is 0. The van der Waals surface area contributed by atoms with Crippen molar-refractivity contribution in [3.05, 3.63) is 0 Å². The zero-order chi connectivity index (χ0) is 13.2. The summed E-state index contributed by atoms with van der Waals surface area (Å²) < 4.78 is 0. The lowest BCUT2D eigenvalue weighted by Gasteiger charge is -2.25. The van der Waals surface area contributed by atoms with Crippen LogP contribution in [0, 0.1) is 5.92 Å². The fraction of sp³-hybridized carbons (Fsp3) is 0.833. The van der Waals surface area contributed by atoms with Gasteiger partial charge in [-0.2, -0.15) is 0 Å². The number of carbonyl (C=O) groups is 2. The molecule has 98 valence electrons. The SMILES string of the molecule is CC1CCN(C(=O)CCC(C)(C)N)C1C(=O)O. The molecule has 0 spiro atoms. The van der Waals surface area contributed by atoms with Gasteiger partial charge in [0.15, 0.2) is 0 Å². The summed E-state index contributed by atoms with van der Waals surface area (Å²) in [5.41, 5.74) is 5.43. The highest BCUT2D eigenvalue weighted by Gasteiger charge is 2.39. The molecule has 5 heteroatoms. The number of hydrogen-bond donors (Lipinski definition) is 2. The number of carboxylic acid groups (broad SMARTS) is 1. The van der Waals surface area contributed by atoms with Gasteiger partial charge in [0.1, 0.15) is 6.04 Å². The second-order valence-electron chi connectivity index (χ2n) is 5.62. The topological polar surface area (TPSA) is 83.6 Å². The zero-order valence-corrected chi connectivity index (χ0v) is 10.8. The molecule has 1 amide bonds. The van der Waals surface area contributed by atoms with E-state index in [9.17, 15) is 9.59 Å². The van der Waals surface area contributed by atoms with Crippen LogP contribution in [-0.4, -0.2) is 40.0 Å².